The second-order valence-electron chi connectivity index (χ2n) is 4.70. The number of nitrogens with zero attached hydrogens (tertiary/aromatic N) is 1. The first-order valence-electron chi connectivity index (χ1n) is 6.45. The predicted octanol–water partition coefficient (Wildman–Crippen LogP) is 3.58. The molecule has 0 saturated carbocycles. The van der Waals surface area contributed by atoms with E-state index in [0.29, 0.717) is 10.6 Å². The molecule has 5 heteroatoms. The lowest BCUT2D eigenvalue weighted by atomic mass is 9.99. The summed E-state index contributed by atoms with van der Waals surface area (Å²) in [6.07, 6.45) is 1.68. The maximum absolute atomic E-state index is 14.1. The Morgan fingerprint density at radius 3 is 2.71 bits per heavy atom. The molecule has 0 amide bonds. The molecule has 3 rings (SSSR count). The minimum atomic E-state index is -0.559. The molecule has 1 unspecified atom stereocenters. The summed E-state index contributed by atoms with van der Waals surface area (Å²) < 4.78 is 14.1. The summed E-state index contributed by atoms with van der Waals surface area (Å²) in [5.41, 5.74) is 4.56. The Balaban J connectivity index is 2.14. The van der Waals surface area contributed by atoms with Crippen molar-refractivity contribution in [3.05, 3.63) is 76.7 Å². The molecule has 1 heterocycles. The van der Waals surface area contributed by atoms with Crippen LogP contribution < -0.4 is 11.3 Å². The molecule has 3 nitrogen and oxygen atoms in total. The molecule has 3 aromatic rings. The average Bonchev–Trinajstić information content (AvgIpc) is 2.50. The molecular formula is C16H13ClFN3. The summed E-state index contributed by atoms with van der Waals surface area (Å²) in [4.78, 5) is 4.37. The van der Waals surface area contributed by atoms with Gasteiger partial charge in [-0.05, 0) is 29.8 Å². The van der Waals surface area contributed by atoms with Crippen molar-refractivity contribution in [2.75, 3.05) is 0 Å². The number of rotatable bonds is 3. The zero-order valence-corrected chi connectivity index (χ0v) is 11.8. The molecule has 2 aromatic carbocycles. The molecule has 0 aliphatic rings. The van der Waals surface area contributed by atoms with Crippen LogP contribution in [0.3, 0.4) is 0 Å². The molecule has 0 radical (unpaired) electrons. The van der Waals surface area contributed by atoms with Crippen LogP contribution in [0, 0.1) is 5.82 Å². The summed E-state index contributed by atoms with van der Waals surface area (Å²) in [6.45, 7) is 0. The highest BCUT2D eigenvalue weighted by Gasteiger charge is 2.20. The van der Waals surface area contributed by atoms with E-state index in [9.17, 15) is 4.39 Å². The Labute approximate surface area is 126 Å². The standard InChI is InChI=1S/C16H13ClFN3/c17-12-5-3-6-13(18)15(12)16(21-19)11-8-10-4-1-2-7-14(10)20-9-11/h1-9,16,21H,19H2. The Kier molecular flexibility index (Phi) is 3.84. The van der Waals surface area contributed by atoms with Crippen LogP contribution in [0.2, 0.25) is 5.02 Å². The molecule has 3 N–H and O–H groups in total. The summed E-state index contributed by atoms with van der Waals surface area (Å²) in [5, 5.41) is 1.29. The number of aromatic nitrogens is 1. The van der Waals surface area contributed by atoms with Crippen molar-refractivity contribution >= 4 is 22.5 Å². The third kappa shape index (κ3) is 2.61. The predicted molar refractivity (Wildman–Crippen MR) is 82.3 cm³/mol. The molecule has 21 heavy (non-hydrogen) atoms. The molecular weight excluding hydrogens is 289 g/mol. The van der Waals surface area contributed by atoms with Gasteiger partial charge in [0.15, 0.2) is 0 Å². The van der Waals surface area contributed by atoms with Crippen LogP contribution in [0.1, 0.15) is 17.2 Å². The zero-order valence-electron chi connectivity index (χ0n) is 11.1. The number of nitrogens with two attached hydrogens (primary N) is 1. The molecule has 0 aliphatic heterocycles. The van der Waals surface area contributed by atoms with Crippen LogP contribution in [0.4, 0.5) is 4.39 Å². The fraction of sp³-hybridized carbons (Fsp3) is 0.0625. The van der Waals surface area contributed by atoms with E-state index in [1.54, 1.807) is 18.3 Å². The van der Waals surface area contributed by atoms with Gasteiger partial charge in [-0.25, -0.2) is 9.82 Å². The normalized spacial score (nSPS) is 12.5. The largest absolute Gasteiger partial charge is 0.271 e. The second-order valence-corrected chi connectivity index (χ2v) is 5.10. The van der Waals surface area contributed by atoms with Gasteiger partial charge in [-0.3, -0.25) is 10.8 Å². The van der Waals surface area contributed by atoms with E-state index in [1.807, 2.05) is 30.3 Å². The molecule has 106 valence electrons. The van der Waals surface area contributed by atoms with Gasteiger partial charge >= 0.3 is 0 Å². The minimum Gasteiger partial charge on any atom is -0.271 e. The number of halogens is 2. The lowest BCUT2D eigenvalue weighted by molar-refractivity contribution is 0.560. The molecule has 0 spiro atoms. The number of para-hydroxylation sites is 1. The van der Waals surface area contributed by atoms with E-state index in [-0.39, 0.29) is 0 Å². The first kappa shape index (κ1) is 13.9. The van der Waals surface area contributed by atoms with Crippen LogP contribution in [0.25, 0.3) is 10.9 Å². The third-order valence-corrected chi connectivity index (χ3v) is 3.73. The highest BCUT2D eigenvalue weighted by molar-refractivity contribution is 6.31. The fourth-order valence-electron chi connectivity index (χ4n) is 2.38. The van der Waals surface area contributed by atoms with Crippen molar-refractivity contribution in [1.82, 2.24) is 10.4 Å². The van der Waals surface area contributed by atoms with Gasteiger partial charge in [-0.15, -0.1) is 0 Å². The maximum atomic E-state index is 14.1. The molecule has 0 aliphatic carbocycles. The Hall–Kier alpha value is -2.01. The SMILES string of the molecule is NNC(c1cnc2ccccc2c1)c1c(F)cccc1Cl. The lowest BCUT2D eigenvalue weighted by Crippen LogP contribution is -2.30. The highest BCUT2D eigenvalue weighted by atomic mass is 35.5. The molecule has 0 saturated heterocycles. The number of fused-ring (bicyclic) bond motifs is 1. The van der Waals surface area contributed by atoms with Gasteiger partial charge in [-0.2, -0.15) is 0 Å². The van der Waals surface area contributed by atoms with Crippen LogP contribution in [-0.2, 0) is 0 Å². The van der Waals surface area contributed by atoms with Gasteiger partial charge in [0, 0.05) is 22.2 Å². The molecule has 1 atom stereocenters. The van der Waals surface area contributed by atoms with E-state index >= 15 is 0 Å². The van der Waals surface area contributed by atoms with Crippen LogP contribution in [0.15, 0.2) is 54.7 Å². The van der Waals surface area contributed by atoms with Gasteiger partial charge in [0.05, 0.1) is 11.6 Å². The van der Waals surface area contributed by atoms with E-state index in [2.05, 4.69) is 10.4 Å². The smallest absolute Gasteiger partial charge is 0.129 e. The first-order chi connectivity index (χ1) is 10.2. The highest BCUT2D eigenvalue weighted by Crippen LogP contribution is 2.30. The van der Waals surface area contributed by atoms with Crippen molar-refractivity contribution in [3.63, 3.8) is 0 Å². The summed E-state index contributed by atoms with van der Waals surface area (Å²) in [6, 6.07) is 13.6. The van der Waals surface area contributed by atoms with Crippen LogP contribution in [0.5, 0.6) is 0 Å². The first-order valence-corrected chi connectivity index (χ1v) is 6.83. The van der Waals surface area contributed by atoms with Crippen molar-refractivity contribution in [3.8, 4) is 0 Å². The van der Waals surface area contributed by atoms with Gasteiger partial charge in [-0.1, -0.05) is 35.9 Å². The monoisotopic (exact) mass is 301 g/mol. The maximum Gasteiger partial charge on any atom is 0.129 e. The zero-order chi connectivity index (χ0) is 14.8. The molecule has 1 aromatic heterocycles. The average molecular weight is 302 g/mol. The lowest BCUT2D eigenvalue weighted by Gasteiger charge is -2.19. The van der Waals surface area contributed by atoms with Gasteiger partial charge in [0.25, 0.3) is 0 Å². The number of benzene rings is 2. The van der Waals surface area contributed by atoms with E-state index in [1.165, 1.54) is 6.07 Å². The Bertz CT molecular complexity index is 771. The van der Waals surface area contributed by atoms with E-state index in [4.69, 9.17) is 17.4 Å². The summed E-state index contributed by atoms with van der Waals surface area (Å²) in [5.74, 6) is 5.21. The Morgan fingerprint density at radius 2 is 1.95 bits per heavy atom. The van der Waals surface area contributed by atoms with Gasteiger partial charge in [0.2, 0.25) is 0 Å². The van der Waals surface area contributed by atoms with E-state index in [0.717, 1.165) is 16.5 Å². The number of hydrogen-bond donors (Lipinski definition) is 2. The van der Waals surface area contributed by atoms with Crippen molar-refractivity contribution in [2.24, 2.45) is 5.84 Å². The number of hydrogen-bond acceptors (Lipinski definition) is 3. The number of pyridine rings is 1. The molecule has 0 fully saturated rings. The third-order valence-electron chi connectivity index (χ3n) is 3.40. The fourth-order valence-corrected chi connectivity index (χ4v) is 2.65. The van der Waals surface area contributed by atoms with Crippen molar-refractivity contribution in [2.45, 2.75) is 6.04 Å². The summed E-state index contributed by atoms with van der Waals surface area (Å²) in [7, 11) is 0. The van der Waals surface area contributed by atoms with Crippen LogP contribution >= 0.6 is 11.6 Å². The quantitative estimate of drug-likeness (QED) is 0.574. The van der Waals surface area contributed by atoms with Crippen molar-refractivity contribution in [1.29, 1.82) is 0 Å². The van der Waals surface area contributed by atoms with Gasteiger partial charge < -0.3 is 0 Å². The topological polar surface area (TPSA) is 50.9 Å². The van der Waals surface area contributed by atoms with Crippen molar-refractivity contribution < 1.29 is 4.39 Å². The van der Waals surface area contributed by atoms with Crippen LogP contribution in [-0.4, -0.2) is 4.98 Å². The van der Waals surface area contributed by atoms with Gasteiger partial charge in [0.1, 0.15) is 5.82 Å². The summed E-state index contributed by atoms with van der Waals surface area (Å²) >= 11 is 6.12. The second kappa shape index (κ2) is 5.77. The minimum absolute atomic E-state index is 0.318. The van der Waals surface area contributed by atoms with E-state index < -0.39 is 11.9 Å². The number of hydrazine groups is 1. The Morgan fingerprint density at radius 1 is 1.14 bits per heavy atom. The number of nitrogens with one attached hydrogen (secondary N) is 1. The molecule has 0 bridgehead atoms.